The molecule has 0 saturated carbocycles. The highest BCUT2D eigenvalue weighted by atomic mass is 32.1. The first-order valence-electron chi connectivity index (χ1n) is 6.63. The summed E-state index contributed by atoms with van der Waals surface area (Å²) in [5.74, 6) is -0.0381. The van der Waals surface area contributed by atoms with Gasteiger partial charge in [0.25, 0.3) is 5.91 Å². The lowest BCUT2D eigenvalue weighted by atomic mass is 10.1. The fourth-order valence-electron chi connectivity index (χ4n) is 2.59. The number of rotatable bonds is 2. The van der Waals surface area contributed by atoms with Crippen molar-refractivity contribution in [3.8, 4) is 0 Å². The molecule has 0 spiro atoms. The van der Waals surface area contributed by atoms with E-state index < -0.39 is 0 Å². The van der Waals surface area contributed by atoms with E-state index in [4.69, 9.17) is 4.74 Å². The maximum Gasteiger partial charge on any atom is 0.273 e. The first kappa shape index (κ1) is 12.5. The van der Waals surface area contributed by atoms with Crippen LogP contribution in [0.25, 0.3) is 4.96 Å². The number of hydrogen-bond donors (Lipinski definition) is 1. The summed E-state index contributed by atoms with van der Waals surface area (Å²) in [5.41, 5.74) is 1.46. The Morgan fingerprint density at radius 1 is 1.52 bits per heavy atom. The van der Waals surface area contributed by atoms with Gasteiger partial charge in [-0.3, -0.25) is 14.3 Å². The molecule has 1 fully saturated rings. The number of thiazole rings is 1. The molecule has 4 rings (SSSR count). The van der Waals surface area contributed by atoms with Crippen molar-refractivity contribution in [3.05, 3.63) is 41.4 Å². The lowest BCUT2D eigenvalue weighted by Gasteiger charge is -2.34. The number of carbonyl (C=O) groups is 1. The minimum Gasteiger partial charge on any atom is -0.377 e. The van der Waals surface area contributed by atoms with E-state index in [1.165, 1.54) is 11.3 Å². The highest BCUT2D eigenvalue weighted by Crippen LogP contribution is 2.25. The molecule has 1 unspecified atom stereocenters. The Hall–Kier alpha value is -2.19. The van der Waals surface area contributed by atoms with Gasteiger partial charge in [-0.1, -0.05) is 0 Å². The first-order valence-corrected chi connectivity index (χ1v) is 7.51. The number of fused-ring (bicyclic) bond motifs is 1. The SMILES string of the molecule is O=C(c1cnc2sccn12)N1CCOCC1c1ccn[nH]1. The van der Waals surface area contributed by atoms with Gasteiger partial charge < -0.3 is 9.64 Å². The summed E-state index contributed by atoms with van der Waals surface area (Å²) >= 11 is 1.51. The normalized spacial score (nSPS) is 19.2. The average Bonchev–Trinajstić information content (AvgIpc) is 3.23. The predicted molar refractivity (Wildman–Crippen MR) is 76.3 cm³/mol. The molecule has 1 saturated heterocycles. The number of H-pyrrole nitrogens is 1. The Balaban J connectivity index is 1.70. The van der Waals surface area contributed by atoms with Gasteiger partial charge in [0.15, 0.2) is 4.96 Å². The zero-order chi connectivity index (χ0) is 14.2. The van der Waals surface area contributed by atoms with E-state index >= 15 is 0 Å². The van der Waals surface area contributed by atoms with Crippen LogP contribution >= 0.6 is 11.3 Å². The number of ether oxygens (including phenoxy) is 1. The fraction of sp³-hybridized carbons (Fsp3) is 0.308. The molecular weight excluding hydrogens is 290 g/mol. The van der Waals surface area contributed by atoms with E-state index in [0.29, 0.717) is 25.5 Å². The van der Waals surface area contributed by atoms with Crippen LogP contribution in [0.1, 0.15) is 22.2 Å². The Bertz CT molecular complexity index is 763. The summed E-state index contributed by atoms with van der Waals surface area (Å²) < 4.78 is 7.34. The number of carbonyl (C=O) groups excluding carboxylic acids is 1. The van der Waals surface area contributed by atoms with E-state index in [2.05, 4.69) is 15.2 Å². The molecule has 8 heteroatoms. The molecule has 0 aromatic carbocycles. The van der Waals surface area contributed by atoms with Crippen LogP contribution in [0.2, 0.25) is 0 Å². The lowest BCUT2D eigenvalue weighted by molar-refractivity contribution is -0.00427. The molecular formula is C13H13N5O2S. The summed E-state index contributed by atoms with van der Waals surface area (Å²) in [6, 6.07) is 1.73. The van der Waals surface area contributed by atoms with Crippen molar-refractivity contribution in [1.29, 1.82) is 0 Å². The van der Waals surface area contributed by atoms with Gasteiger partial charge in [-0.2, -0.15) is 5.10 Å². The third-order valence-electron chi connectivity index (χ3n) is 3.64. The van der Waals surface area contributed by atoms with E-state index in [9.17, 15) is 4.79 Å². The van der Waals surface area contributed by atoms with Crippen molar-refractivity contribution in [2.45, 2.75) is 6.04 Å². The van der Waals surface area contributed by atoms with Crippen LogP contribution in [0.15, 0.2) is 30.0 Å². The molecule has 108 valence electrons. The number of aromatic nitrogens is 4. The fourth-order valence-corrected chi connectivity index (χ4v) is 3.28. The lowest BCUT2D eigenvalue weighted by Crippen LogP contribution is -2.43. The maximum atomic E-state index is 12.9. The van der Waals surface area contributed by atoms with E-state index in [1.807, 2.05) is 26.9 Å². The molecule has 1 N–H and O–H groups in total. The molecule has 3 aromatic rings. The number of aromatic amines is 1. The smallest absolute Gasteiger partial charge is 0.273 e. The van der Waals surface area contributed by atoms with Gasteiger partial charge in [0.2, 0.25) is 0 Å². The third-order valence-corrected chi connectivity index (χ3v) is 4.41. The first-order chi connectivity index (χ1) is 10.3. The average molecular weight is 303 g/mol. The van der Waals surface area contributed by atoms with Crippen molar-refractivity contribution in [1.82, 2.24) is 24.5 Å². The second-order valence-corrected chi connectivity index (χ2v) is 5.67. The topological polar surface area (TPSA) is 75.5 Å². The van der Waals surface area contributed by atoms with Gasteiger partial charge in [-0.05, 0) is 6.07 Å². The van der Waals surface area contributed by atoms with E-state index in [1.54, 1.807) is 12.4 Å². The van der Waals surface area contributed by atoms with Gasteiger partial charge in [0, 0.05) is 24.3 Å². The van der Waals surface area contributed by atoms with Crippen LogP contribution < -0.4 is 0 Å². The molecule has 0 bridgehead atoms. The van der Waals surface area contributed by atoms with Crippen molar-refractivity contribution in [3.63, 3.8) is 0 Å². The number of amides is 1. The van der Waals surface area contributed by atoms with Crippen LogP contribution in [0.5, 0.6) is 0 Å². The molecule has 7 nitrogen and oxygen atoms in total. The second-order valence-electron chi connectivity index (χ2n) is 4.80. The highest BCUT2D eigenvalue weighted by Gasteiger charge is 2.31. The number of imidazole rings is 1. The van der Waals surface area contributed by atoms with Crippen molar-refractivity contribution in [2.75, 3.05) is 19.8 Å². The van der Waals surface area contributed by atoms with E-state index in [0.717, 1.165) is 10.7 Å². The third kappa shape index (κ3) is 2.03. The Kier molecular flexibility index (Phi) is 2.97. The van der Waals surface area contributed by atoms with Gasteiger partial charge in [0.1, 0.15) is 5.69 Å². The van der Waals surface area contributed by atoms with Crippen molar-refractivity contribution in [2.24, 2.45) is 0 Å². The Morgan fingerprint density at radius 3 is 3.33 bits per heavy atom. The monoisotopic (exact) mass is 303 g/mol. The van der Waals surface area contributed by atoms with Crippen molar-refractivity contribution >= 4 is 22.2 Å². The van der Waals surface area contributed by atoms with Gasteiger partial charge in [-0.25, -0.2) is 4.98 Å². The standard InChI is InChI=1S/C13H13N5O2S/c19-12(10-7-14-13-18(10)4-6-21-13)17-3-5-20-8-11(17)9-1-2-15-16-9/h1-2,4,6-7,11H,3,5,8H2,(H,15,16). The minimum absolute atomic E-state index is 0.0381. The molecule has 1 aliphatic heterocycles. The van der Waals surface area contributed by atoms with Crippen LogP contribution in [-0.2, 0) is 4.74 Å². The van der Waals surface area contributed by atoms with Gasteiger partial charge in [0.05, 0.1) is 31.1 Å². The molecule has 0 aliphatic carbocycles. The van der Waals surface area contributed by atoms with Crippen LogP contribution in [0.3, 0.4) is 0 Å². The predicted octanol–water partition coefficient (Wildman–Crippen LogP) is 1.33. The highest BCUT2D eigenvalue weighted by molar-refractivity contribution is 7.15. The zero-order valence-corrected chi connectivity index (χ0v) is 11.9. The number of hydrogen-bond acceptors (Lipinski definition) is 5. The number of nitrogens with zero attached hydrogens (tertiary/aromatic N) is 4. The molecule has 1 aliphatic rings. The number of morpholine rings is 1. The van der Waals surface area contributed by atoms with Gasteiger partial charge >= 0.3 is 0 Å². The molecule has 4 heterocycles. The number of nitrogens with one attached hydrogen (secondary N) is 1. The molecule has 0 radical (unpaired) electrons. The zero-order valence-electron chi connectivity index (χ0n) is 11.1. The van der Waals surface area contributed by atoms with Crippen LogP contribution in [0.4, 0.5) is 0 Å². The summed E-state index contributed by atoms with van der Waals surface area (Å²) in [4.78, 5) is 19.8. The summed E-state index contributed by atoms with van der Waals surface area (Å²) in [6.45, 7) is 1.57. The summed E-state index contributed by atoms with van der Waals surface area (Å²) in [6.07, 6.45) is 5.18. The largest absolute Gasteiger partial charge is 0.377 e. The summed E-state index contributed by atoms with van der Waals surface area (Å²) in [7, 11) is 0. The minimum atomic E-state index is -0.141. The molecule has 1 atom stereocenters. The van der Waals surface area contributed by atoms with Gasteiger partial charge in [-0.15, -0.1) is 11.3 Å². The second kappa shape index (κ2) is 4.97. The van der Waals surface area contributed by atoms with Crippen LogP contribution in [0, 0.1) is 0 Å². The summed E-state index contributed by atoms with van der Waals surface area (Å²) in [5, 5.41) is 8.81. The maximum absolute atomic E-state index is 12.9. The Morgan fingerprint density at radius 2 is 2.48 bits per heavy atom. The quantitative estimate of drug-likeness (QED) is 0.775. The molecule has 21 heavy (non-hydrogen) atoms. The molecule has 3 aromatic heterocycles. The van der Waals surface area contributed by atoms with Crippen molar-refractivity contribution < 1.29 is 9.53 Å². The van der Waals surface area contributed by atoms with E-state index in [-0.39, 0.29) is 11.9 Å². The molecule has 1 amide bonds. The Labute approximate surface area is 124 Å². The van der Waals surface area contributed by atoms with Crippen LogP contribution in [-0.4, -0.2) is 50.1 Å².